The molecule has 0 saturated carbocycles. The van der Waals surface area contributed by atoms with Crippen LogP contribution in [-0.2, 0) is 0 Å². The average molecular weight is 285 g/mol. The largest absolute Gasteiger partial charge is 0.0656 e. The molecule has 1 atom stereocenters. The molecule has 124 valence electrons. The van der Waals surface area contributed by atoms with Gasteiger partial charge in [0.05, 0.1) is 0 Å². The van der Waals surface area contributed by atoms with Crippen molar-refractivity contribution in [3.8, 4) is 0 Å². The second kappa shape index (κ2) is 21.3. The molecule has 0 saturated heterocycles. The van der Waals surface area contributed by atoms with Crippen molar-refractivity contribution in [1.29, 1.82) is 0 Å². The number of hydrogen-bond acceptors (Lipinski definition) is 0. The lowest BCUT2D eigenvalue weighted by molar-refractivity contribution is 0.394. The summed E-state index contributed by atoms with van der Waals surface area (Å²) >= 11 is 0. The predicted molar refractivity (Wildman–Crippen MR) is 96.5 cm³/mol. The molecule has 0 aliphatic rings. The molecule has 0 spiro atoms. The third kappa shape index (κ3) is 20.3. The van der Waals surface area contributed by atoms with Crippen LogP contribution in [0.4, 0.5) is 0 Å². The summed E-state index contributed by atoms with van der Waals surface area (Å²) in [5.74, 6) is 1.03. The van der Waals surface area contributed by atoms with E-state index in [1.807, 2.05) is 0 Å². The van der Waals surface area contributed by atoms with Gasteiger partial charge in [-0.2, -0.15) is 0 Å². The number of unbranched alkanes of at least 4 members (excludes halogenated alkanes) is 8. The van der Waals surface area contributed by atoms with Crippen molar-refractivity contribution in [3.05, 3.63) is 0 Å². The minimum absolute atomic E-state index is 1.03. The van der Waals surface area contributed by atoms with E-state index in [4.69, 9.17) is 0 Å². The van der Waals surface area contributed by atoms with Crippen LogP contribution in [0.3, 0.4) is 0 Å². The Morgan fingerprint density at radius 3 is 1.25 bits per heavy atom. The van der Waals surface area contributed by atoms with E-state index in [0.717, 1.165) is 5.92 Å². The van der Waals surface area contributed by atoms with Gasteiger partial charge in [-0.1, -0.05) is 125 Å². The van der Waals surface area contributed by atoms with Crippen LogP contribution in [-0.4, -0.2) is 0 Å². The zero-order chi connectivity index (χ0) is 15.5. The third-order valence-electron chi connectivity index (χ3n) is 4.01. The smallest absolute Gasteiger partial charge is 0.0417 e. The minimum Gasteiger partial charge on any atom is -0.0656 e. The molecule has 1 unspecified atom stereocenters. The van der Waals surface area contributed by atoms with E-state index in [-0.39, 0.29) is 0 Å². The Labute approximate surface area is 131 Å². The van der Waals surface area contributed by atoms with Gasteiger partial charge in [-0.05, 0) is 5.92 Å². The number of rotatable bonds is 13. The lowest BCUT2D eigenvalue weighted by Crippen LogP contribution is -1.99. The summed E-state index contributed by atoms with van der Waals surface area (Å²) in [4.78, 5) is 0. The van der Waals surface area contributed by atoms with Crippen molar-refractivity contribution in [3.63, 3.8) is 0 Å². The van der Waals surface area contributed by atoms with Gasteiger partial charge in [-0.15, -0.1) is 0 Å². The van der Waals surface area contributed by atoms with Gasteiger partial charge in [0.25, 0.3) is 0 Å². The van der Waals surface area contributed by atoms with Crippen molar-refractivity contribution >= 4 is 0 Å². The summed E-state index contributed by atoms with van der Waals surface area (Å²) in [6.45, 7) is 11.2. The topological polar surface area (TPSA) is 0 Å². The summed E-state index contributed by atoms with van der Waals surface area (Å²) in [6.07, 6.45) is 20.1. The van der Waals surface area contributed by atoms with Gasteiger partial charge < -0.3 is 0 Å². The van der Waals surface area contributed by atoms with Crippen LogP contribution in [0.15, 0.2) is 0 Å². The SMILES string of the molecule is CCC.CCCCCCCCC(CC)CCCCCC. The quantitative estimate of drug-likeness (QED) is 0.299. The molecule has 0 amide bonds. The Kier molecular flexibility index (Phi) is 23.7. The summed E-state index contributed by atoms with van der Waals surface area (Å²) in [5, 5.41) is 0. The molecule has 0 bridgehead atoms. The lowest BCUT2D eigenvalue weighted by atomic mass is 9.92. The zero-order valence-electron chi connectivity index (χ0n) is 15.5. The summed E-state index contributed by atoms with van der Waals surface area (Å²) in [5.41, 5.74) is 0. The standard InChI is InChI=1S/C17H36.C3H8/c1-4-7-9-11-12-14-16-17(6-3)15-13-10-8-5-2;1-3-2/h17H,4-16H2,1-3H3;3H2,1-2H3. The normalized spacial score (nSPS) is 11.8. The zero-order valence-corrected chi connectivity index (χ0v) is 15.5. The minimum atomic E-state index is 1.03. The predicted octanol–water partition coefficient (Wildman–Crippen LogP) is 8.15. The maximum Gasteiger partial charge on any atom is -0.0417 e. The molecule has 0 radical (unpaired) electrons. The van der Waals surface area contributed by atoms with E-state index in [0.29, 0.717) is 0 Å². The van der Waals surface area contributed by atoms with E-state index in [1.54, 1.807) is 0 Å². The first-order valence-corrected chi connectivity index (χ1v) is 9.76. The Hall–Kier alpha value is 0. The Morgan fingerprint density at radius 2 is 0.850 bits per heavy atom. The van der Waals surface area contributed by atoms with E-state index in [2.05, 4.69) is 34.6 Å². The van der Waals surface area contributed by atoms with Crippen LogP contribution in [0.25, 0.3) is 0 Å². The van der Waals surface area contributed by atoms with Gasteiger partial charge in [0.1, 0.15) is 0 Å². The molecule has 0 rings (SSSR count). The van der Waals surface area contributed by atoms with Crippen LogP contribution in [0.1, 0.15) is 125 Å². The highest BCUT2D eigenvalue weighted by Crippen LogP contribution is 2.21. The fourth-order valence-electron chi connectivity index (χ4n) is 2.63. The molecule has 0 heteroatoms. The van der Waals surface area contributed by atoms with Gasteiger partial charge in [0, 0.05) is 0 Å². The van der Waals surface area contributed by atoms with Gasteiger partial charge in [0.2, 0.25) is 0 Å². The second-order valence-electron chi connectivity index (χ2n) is 6.39. The molecule has 0 N–H and O–H groups in total. The molecule has 0 aliphatic heterocycles. The molecule has 20 heavy (non-hydrogen) atoms. The van der Waals surface area contributed by atoms with Crippen LogP contribution in [0.5, 0.6) is 0 Å². The van der Waals surface area contributed by atoms with Crippen molar-refractivity contribution < 1.29 is 0 Å². The van der Waals surface area contributed by atoms with E-state index >= 15 is 0 Å². The molecule has 0 aromatic carbocycles. The second-order valence-corrected chi connectivity index (χ2v) is 6.39. The van der Waals surface area contributed by atoms with E-state index in [9.17, 15) is 0 Å². The fourth-order valence-corrected chi connectivity index (χ4v) is 2.63. The van der Waals surface area contributed by atoms with Crippen LogP contribution < -0.4 is 0 Å². The summed E-state index contributed by atoms with van der Waals surface area (Å²) in [6, 6.07) is 0. The Balaban J connectivity index is 0. The third-order valence-corrected chi connectivity index (χ3v) is 4.01. The first-order chi connectivity index (χ1) is 9.76. The maximum absolute atomic E-state index is 2.38. The monoisotopic (exact) mass is 284 g/mol. The molecule has 0 heterocycles. The molecular formula is C20H44. The van der Waals surface area contributed by atoms with Crippen molar-refractivity contribution in [2.75, 3.05) is 0 Å². The molecule has 0 aliphatic carbocycles. The van der Waals surface area contributed by atoms with Crippen LogP contribution in [0, 0.1) is 5.92 Å². The molecule has 0 fully saturated rings. The first-order valence-electron chi connectivity index (χ1n) is 9.76. The van der Waals surface area contributed by atoms with Crippen LogP contribution in [0.2, 0.25) is 0 Å². The molecule has 0 aromatic heterocycles. The molecule has 0 aromatic rings. The highest BCUT2D eigenvalue weighted by Gasteiger charge is 2.05. The first kappa shape index (κ1) is 22.3. The van der Waals surface area contributed by atoms with Crippen molar-refractivity contribution in [1.82, 2.24) is 0 Å². The van der Waals surface area contributed by atoms with E-state index < -0.39 is 0 Å². The van der Waals surface area contributed by atoms with E-state index in [1.165, 1.54) is 89.9 Å². The van der Waals surface area contributed by atoms with Crippen molar-refractivity contribution in [2.45, 2.75) is 125 Å². The van der Waals surface area contributed by atoms with Gasteiger partial charge in [-0.3, -0.25) is 0 Å². The fraction of sp³-hybridized carbons (Fsp3) is 1.00. The highest BCUT2D eigenvalue weighted by atomic mass is 14.1. The summed E-state index contributed by atoms with van der Waals surface area (Å²) < 4.78 is 0. The van der Waals surface area contributed by atoms with Crippen LogP contribution >= 0.6 is 0 Å². The lowest BCUT2D eigenvalue weighted by Gasteiger charge is -2.14. The van der Waals surface area contributed by atoms with Crippen molar-refractivity contribution in [2.24, 2.45) is 5.92 Å². The van der Waals surface area contributed by atoms with Gasteiger partial charge >= 0.3 is 0 Å². The maximum atomic E-state index is 2.38. The van der Waals surface area contributed by atoms with Gasteiger partial charge in [0.15, 0.2) is 0 Å². The average Bonchev–Trinajstić information content (AvgIpc) is 2.45. The Morgan fingerprint density at radius 1 is 0.500 bits per heavy atom. The highest BCUT2D eigenvalue weighted by molar-refractivity contribution is 4.58. The molecule has 0 nitrogen and oxygen atoms in total. The molecular weight excluding hydrogens is 240 g/mol. The Bertz CT molecular complexity index is 139. The number of hydrogen-bond donors (Lipinski definition) is 0. The summed E-state index contributed by atoms with van der Waals surface area (Å²) in [7, 11) is 0. The van der Waals surface area contributed by atoms with Gasteiger partial charge in [-0.25, -0.2) is 0 Å².